The zero-order chi connectivity index (χ0) is 48.2. The maximum atomic E-state index is 13.0. The third-order valence-corrected chi connectivity index (χ3v) is 22.2. The SMILES string of the molecule is O=C(O)[C@H]1CCCN1C(=O)OCC1c2ccccc2-c2ccccc21.O=C([Se]c1ccccc1)[C@H]1CCCN1C(=O)OCC1c2ccccc2-c2ccccc21.c1ccc([Se][Se]c2ccccc2)cc1. The molecule has 0 unspecified atom stereocenters. The molecule has 12 heteroatoms. The van der Waals surface area contributed by atoms with Crippen LogP contribution >= 0.6 is 0 Å². The molecule has 2 aliphatic heterocycles. The number of likely N-dealkylation sites (tertiary alicyclic amines) is 2. The van der Waals surface area contributed by atoms with Crippen molar-refractivity contribution in [2.45, 2.75) is 49.6 Å². The minimum absolute atomic E-state index is 0.0118. The molecule has 0 radical (unpaired) electrons. The first kappa shape index (κ1) is 48.8. The molecule has 7 aromatic carbocycles. The Morgan fingerprint density at radius 1 is 0.443 bits per heavy atom. The van der Waals surface area contributed by atoms with E-state index in [1.54, 1.807) is 4.90 Å². The van der Waals surface area contributed by atoms with Crippen LogP contribution in [0.5, 0.6) is 0 Å². The first-order valence-corrected chi connectivity index (χ1v) is 31.3. The van der Waals surface area contributed by atoms with Crippen LogP contribution in [-0.4, -0.2) is 117 Å². The number of rotatable bonds is 11. The van der Waals surface area contributed by atoms with E-state index < -0.39 is 18.1 Å². The molecule has 1 N–H and O–H groups in total. The van der Waals surface area contributed by atoms with Crippen molar-refractivity contribution in [3.05, 3.63) is 210 Å². The fourth-order valence-corrected chi connectivity index (χ4v) is 17.5. The molecule has 11 rings (SSSR count). The summed E-state index contributed by atoms with van der Waals surface area (Å²) in [6, 6.07) is 63.1. The van der Waals surface area contributed by atoms with Gasteiger partial charge in [-0.15, -0.1) is 0 Å². The third kappa shape index (κ3) is 11.5. The van der Waals surface area contributed by atoms with Gasteiger partial charge >= 0.3 is 296 Å². The van der Waals surface area contributed by atoms with E-state index in [0.717, 1.165) is 28.4 Å². The van der Waals surface area contributed by atoms with E-state index in [1.165, 1.54) is 47.2 Å². The van der Waals surface area contributed by atoms with E-state index in [0.29, 0.717) is 52.2 Å². The van der Waals surface area contributed by atoms with Gasteiger partial charge in [0.25, 0.3) is 0 Å². The Bertz CT molecular complexity index is 2790. The molecular formula is C58H52N2O7Se3. The van der Waals surface area contributed by atoms with Gasteiger partial charge in [0.15, 0.2) is 0 Å². The van der Waals surface area contributed by atoms with E-state index >= 15 is 0 Å². The molecule has 0 saturated carbocycles. The van der Waals surface area contributed by atoms with Crippen molar-refractivity contribution in [3.63, 3.8) is 0 Å². The summed E-state index contributed by atoms with van der Waals surface area (Å²) in [5, 5.41) is 9.22. The monoisotopic (exact) mass is 1130 g/mol. The molecule has 2 aliphatic carbocycles. The number of benzene rings is 7. The molecule has 2 amide bonds. The Hall–Kier alpha value is -6.22. The molecule has 2 saturated heterocycles. The van der Waals surface area contributed by atoms with Crippen LogP contribution in [0.3, 0.4) is 0 Å². The molecule has 0 spiro atoms. The van der Waals surface area contributed by atoms with E-state index in [9.17, 15) is 24.3 Å². The summed E-state index contributed by atoms with van der Waals surface area (Å²) in [7, 11) is 0. The first-order chi connectivity index (χ1) is 34.3. The van der Waals surface area contributed by atoms with Crippen molar-refractivity contribution in [1.29, 1.82) is 0 Å². The maximum absolute atomic E-state index is 13.0. The summed E-state index contributed by atoms with van der Waals surface area (Å²) >= 11 is 0.976. The van der Waals surface area contributed by atoms with Gasteiger partial charge < -0.3 is 9.84 Å². The third-order valence-electron chi connectivity index (χ3n) is 12.9. The van der Waals surface area contributed by atoms with Crippen molar-refractivity contribution in [1.82, 2.24) is 9.80 Å². The van der Waals surface area contributed by atoms with Crippen LogP contribution in [0, 0.1) is 0 Å². The fraction of sp³-hybridized carbons (Fsp3) is 0.207. The predicted molar refractivity (Wildman–Crippen MR) is 278 cm³/mol. The van der Waals surface area contributed by atoms with Gasteiger partial charge in [-0.25, -0.2) is 9.59 Å². The molecule has 2 atom stereocenters. The number of carbonyl (C=O) groups is 4. The summed E-state index contributed by atoms with van der Waals surface area (Å²) < 4.78 is 15.5. The van der Waals surface area contributed by atoms with Gasteiger partial charge in [0.2, 0.25) is 0 Å². The summed E-state index contributed by atoms with van der Waals surface area (Å²) in [6.45, 7) is 1.52. The topological polar surface area (TPSA) is 113 Å². The number of nitrogens with zero attached hydrogens (tertiary/aromatic N) is 2. The van der Waals surface area contributed by atoms with Crippen molar-refractivity contribution < 1.29 is 33.8 Å². The molecule has 2 heterocycles. The Kier molecular flexibility index (Phi) is 16.4. The van der Waals surface area contributed by atoms with Gasteiger partial charge in [-0.05, 0) is 35.1 Å². The Balaban J connectivity index is 0.000000139. The molecule has 354 valence electrons. The standard InChI is InChI=1S/C26H23NO3Se.C20H19NO4.C12H10Se2/c28-25(31-18-9-2-1-3-10-18)24-15-8-16-27(24)26(29)30-17-23-21-13-6-4-11-19(21)20-12-5-7-14-22(20)23;22-19(23)18-10-5-11-21(18)20(24)25-12-17-15-8-3-1-6-13(15)14-7-2-4-9-16(14)17;1-3-7-11(8-4-1)13-14-12-9-5-2-6-10-12/h1-7,9-14,23-24H,8,15-17H2;1-4,6-9,17-18H,5,10-12H2,(H,22,23);1-10H/t24-;18-;/m11./s1. The average Bonchev–Trinajstić information content (AvgIpc) is 4.23. The van der Waals surface area contributed by atoms with Gasteiger partial charge in [-0.2, -0.15) is 0 Å². The molecule has 0 bridgehead atoms. The zero-order valence-corrected chi connectivity index (χ0v) is 43.5. The summed E-state index contributed by atoms with van der Waals surface area (Å²) in [5.74, 6) is -0.949. The second-order valence-electron chi connectivity index (χ2n) is 17.2. The number of aliphatic carboxylic acids is 1. The van der Waals surface area contributed by atoms with E-state index in [-0.39, 0.29) is 56.8 Å². The second kappa shape index (κ2) is 23.6. The van der Waals surface area contributed by atoms with Gasteiger partial charge in [-0.3, -0.25) is 4.90 Å². The second-order valence-corrected chi connectivity index (χ2v) is 25.7. The number of carboxylic acid groups (broad SMARTS) is 1. The van der Waals surface area contributed by atoms with Crippen LogP contribution in [0.25, 0.3) is 22.3 Å². The van der Waals surface area contributed by atoms with Gasteiger partial charge in [0.05, 0.1) is 0 Å². The molecule has 4 aliphatic rings. The molecular weight excluding hydrogens is 1070 g/mol. The number of hydrogen-bond acceptors (Lipinski definition) is 6. The van der Waals surface area contributed by atoms with Crippen LogP contribution in [-0.2, 0) is 19.1 Å². The number of carbonyl (C=O) groups excluding carboxylic acids is 3. The molecule has 70 heavy (non-hydrogen) atoms. The van der Waals surface area contributed by atoms with Crippen LogP contribution in [0.1, 0.15) is 59.8 Å². The quantitative estimate of drug-likeness (QED) is 0.130. The molecule has 7 aromatic rings. The number of hydrogen-bond donors (Lipinski definition) is 1. The number of amides is 2. The molecule has 2 fully saturated rings. The number of fused-ring (bicyclic) bond motifs is 6. The van der Waals surface area contributed by atoms with Crippen molar-refractivity contribution in [2.75, 3.05) is 26.3 Å². The average molecular weight is 1130 g/mol. The Morgan fingerprint density at radius 3 is 1.16 bits per heavy atom. The van der Waals surface area contributed by atoms with Crippen molar-refractivity contribution >= 4 is 77.4 Å². The summed E-state index contributed by atoms with van der Waals surface area (Å²) in [4.78, 5) is 52.5. The van der Waals surface area contributed by atoms with Gasteiger partial charge in [0.1, 0.15) is 12.6 Å². The van der Waals surface area contributed by atoms with Gasteiger partial charge in [0, 0.05) is 12.5 Å². The number of carboxylic acids is 1. The zero-order valence-electron chi connectivity index (χ0n) is 38.4. The minimum atomic E-state index is -0.967. The summed E-state index contributed by atoms with van der Waals surface area (Å²) in [6.07, 6.45) is 1.83. The van der Waals surface area contributed by atoms with Crippen molar-refractivity contribution in [2.24, 2.45) is 0 Å². The van der Waals surface area contributed by atoms with E-state index in [1.807, 2.05) is 78.9 Å². The van der Waals surface area contributed by atoms with Crippen LogP contribution in [0.15, 0.2) is 188 Å². The number of ether oxygens (including phenoxy) is 2. The predicted octanol–water partition coefficient (Wildman–Crippen LogP) is 8.40. The van der Waals surface area contributed by atoms with Crippen molar-refractivity contribution in [3.8, 4) is 22.3 Å². The molecule has 0 aromatic heterocycles. The molecule has 9 nitrogen and oxygen atoms in total. The fourth-order valence-electron chi connectivity index (χ4n) is 9.55. The van der Waals surface area contributed by atoms with Crippen LogP contribution < -0.4 is 13.4 Å². The first-order valence-electron chi connectivity index (χ1n) is 23.5. The summed E-state index contributed by atoms with van der Waals surface area (Å²) in [5.41, 5.74) is 9.43. The normalized spacial score (nSPS) is 16.3. The van der Waals surface area contributed by atoms with Crippen LogP contribution in [0.4, 0.5) is 9.59 Å². The van der Waals surface area contributed by atoms with Gasteiger partial charge in [-0.1, -0.05) is 48.5 Å². The van der Waals surface area contributed by atoms with E-state index in [4.69, 9.17) is 9.47 Å². The van der Waals surface area contributed by atoms with Crippen LogP contribution in [0.2, 0.25) is 0 Å². The Labute approximate surface area is 426 Å². The Morgan fingerprint density at radius 2 is 0.771 bits per heavy atom. The van der Waals surface area contributed by atoms with E-state index in [2.05, 4.69) is 109 Å².